The molecule has 3 heterocycles. The maximum absolute atomic E-state index is 14.4. The zero-order chi connectivity index (χ0) is 26.4. The fraction of sp³-hybridized carbons (Fsp3) is 0.100. The molecule has 0 atom stereocenters. The molecule has 0 amide bonds. The van der Waals surface area contributed by atoms with Crippen LogP contribution in [-0.2, 0) is 27.2 Å². The number of para-hydroxylation sites is 1. The van der Waals surface area contributed by atoms with Crippen molar-refractivity contribution < 1.29 is 39.0 Å². The van der Waals surface area contributed by atoms with E-state index in [0.29, 0.717) is 33.5 Å². The van der Waals surface area contributed by atoms with E-state index in [4.69, 9.17) is 4.74 Å². The molecule has 0 unspecified atom stereocenters. The largest absolute Gasteiger partial charge is 2.00 e. The van der Waals surface area contributed by atoms with Gasteiger partial charge in [0.05, 0.1) is 18.1 Å². The van der Waals surface area contributed by atoms with Crippen molar-refractivity contribution in [2.75, 3.05) is 0 Å². The summed E-state index contributed by atoms with van der Waals surface area (Å²) in [5, 5.41) is 1.07. The van der Waals surface area contributed by atoms with E-state index in [-0.39, 0.29) is 37.9 Å². The first kappa shape index (κ1) is 26.6. The smallest absolute Gasteiger partial charge is 0.460 e. The molecule has 0 saturated carbocycles. The van der Waals surface area contributed by atoms with E-state index in [1.54, 1.807) is 59.6 Å². The molecule has 0 radical (unpaired) electrons. The summed E-state index contributed by atoms with van der Waals surface area (Å²) in [6.45, 7) is 3.71. The van der Waals surface area contributed by atoms with Gasteiger partial charge >= 0.3 is 27.2 Å². The van der Waals surface area contributed by atoms with Crippen molar-refractivity contribution in [3.63, 3.8) is 0 Å². The third-order valence-electron chi connectivity index (χ3n) is 6.16. The van der Waals surface area contributed by atoms with E-state index in [1.165, 1.54) is 6.07 Å². The molecule has 0 aliphatic heterocycles. The number of fused-ring (bicyclic) bond motifs is 3. The minimum absolute atomic E-state index is 0. The van der Waals surface area contributed by atoms with Crippen LogP contribution in [0.3, 0.4) is 0 Å². The summed E-state index contributed by atoms with van der Waals surface area (Å²) in [4.78, 5) is 13.0. The number of aryl methyl sites for hydroxylation is 2. The molecule has 0 bridgehead atoms. The number of aromatic nitrogens is 4. The van der Waals surface area contributed by atoms with Crippen molar-refractivity contribution in [2.24, 2.45) is 0 Å². The van der Waals surface area contributed by atoms with E-state index in [0.717, 1.165) is 11.3 Å². The molecular weight excluding hydrogens is 684 g/mol. The van der Waals surface area contributed by atoms with E-state index in [2.05, 4.69) is 27.1 Å². The minimum Gasteiger partial charge on any atom is -0.460 e. The van der Waals surface area contributed by atoms with Crippen molar-refractivity contribution >= 4 is 21.8 Å². The van der Waals surface area contributed by atoms with Crippen molar-refractivity contribution in [3.05, 3.63) is 108 Å². The number of halogens is 3. The van der Waals surface area contributed by atoms with Crippen LogP contribution in [0.1, 0.15) is 16.8 Å². The summed E-state index contributed by atoms with van der Waals surface area (Å²) in [6, 6.07) is 22.8. The number of hydrogen-bond acceptors (Lipinski definition) is 4. The number of ether oxygens (including phenoxy) is 1. The van der Waals surface area contributed by atoms with Crippen molar-refractivity contribution in [1.29, 1.82) is 0 Å². The van der Waals surface area contributed by atoms with E-state index in [9.17, 15) is 13.2 Å². The summed E-state index contributed by atoms with van der Waals surface area (Å²) in [7, 11) is 0. The van der Waals surface area contributed by atoms with Crippen LogP contribution < -0.4 is 4.74 Å². The van der Waals surface area contributed by atoms with Gasteiger partial charge in [0.15, 0.2) is 5.82 Å². The average molecular weight is 704 g/mol. The molecule has 0 aliphatic carbocycles. The Bertz CT molecular complexity index is 1810. The number of nitrogens with zero attached hydrogens (tertiary/aromatic N) is 4. The topological polar surface area (TPSA) is 52.8 Å². The second-order valence-corrected chi connectivity index (χ2v) is 8.89. The Labute approximate surface area is 236 Å². The predicted molar refractivity (Wildman–Crippen MR) is 138 cm³/mol. The van der Waals surface area contributed by atoms with Crippen LogP contribution in [-0.4, -0.2) is 19.5 Å². The van der Waals surface area contributed by atoms with Crippen molar-refractivity contribution in [1.82, 2.24) is 19.5 Å². The van der Waals surface area contributed by atoms with Crippen LogP contribution in [0.25, 0.3) is 38.8 Å². The molecule has 3 aromatic carbocycles. The maximum Gasteiger partial charge on any atom is 2.00 e. The summed E-state index contributed by atoms with van der Waals surface area (Å²) in [5.41, 5.74) is 2.06. The number of pyridine rings is 1. The molecule has 0 saturated heterocycles. The summed E-state index contributed by atoms with van der Waals surface area (Å²) in [5.74, 6) is 1.05. The quantitative estimate of drug-likeness (QED) is 0.177. The van der Waals surface area contributed by atoms with Gasteiger partial charge in [0.1, 0.15) is 0 Å². The van der Waals surface area contributed by atoms with Gasteiger partial charge in [-0.25, -0.2) is 21.1 Å². The van der Waals surface area contributed by atoms with Gasteiger partial charge in [0.2, 0.25) is 5.88 Å². The molecule has 196 valence electrons. The Balaban J connectivity index is 0.00000308. The van der Waals surface area contributed by atoms with Gasteiger partial charge in [0.25, 0.3) is 0 Å². The standard InChI is InChI=1S/C30H19F3N4O.Pt/c1-18-10-11-34-29(12-18)38-21-7-5-6-20(13-21)23-15-27-24(14-25(23)30(31,32)33)22-8-3-4-9-26(22)37(27)28-17-35-19(2)16-36-28;/h3-12,14,16-17H,1-2H3;/q-2;+2. The first-order valence-electron chi connectivity index (χ1n) is 11.8. The first-order valence-corrected chi connectivity index (χ1v) is 11.8. The summed E-state index contributed by atoms with van der Waals surface area (Å²) >= 11 is 0. The zero-order valence-corrected chi connectivity index (χ0v) is 22.9. The van der Waals surface area contributed by atoms with Gasteiger partial charge < -0.3 is 9.30 Å². The molecule has 6 rings (SSSR count). The van der Waals surface area contributed by atoms with Crippen LogP contribution in [0.15, 0.2) is 79.3 Å². The van der Waals surface area contributed by atoms with Crippen LogP contribution in [0.2, 0.25) is 0 Å². The molecule has 6 aromatic rings. The van der Waals surface area contributed by atoms with Gasteiger partial charge in [-0.3, -0.25) is 4.98 Å². The van der Waals surface area contributed by atoms with Crippen LogP contribution in [0.5, 0.6) is 11.6 Å². The molecule has 5 nitrogen and oxygen atoms in total. The molecule has 39 heavy (non-hydrogen) atoms. The molecule has 0 fully saturated rings. The zero-order valence-electron chi connectivity index (χ0n) is 20.7. The molecule has 0 spiro atoms. The Morgan fingerprint density at radius 3 is 2.41 bits per heavy atom. The molecular formula is C30H19F3N4OPt. The van der Waals surface area contributed by atoms with Crippen LogP contribution >= 0.6 is 0 Å². The molecule has 0 N–H and O–H groups in total. The Morgan fingerprint density at radius 1 is 0.846 bits per heavy atom. The monoisotopic (exact) mass is 703 g/mol. The Kier molecular flexibility index (Phi) is 6.99. The summed E-state index contributed by atoms with van der Waals surface area (Å²) in [6.07, 6.45) is 0.192. The van der Waals surface area contributed by atoms with Crippen LogP contribution in [0.4, 0.5) is 13.2 Å². The molecule has 3 aromatic heterocycles. The fourth-order valence-electron chi connectivity index (χ4n) is 4.44. The Morgan fingerprint density at radius 2 is 1.67 bits per heavy atom. The normalized spacial score (nSPS) is 11.5. The second-order valence-electron chi connectivity index (χ2n) is 8.89. The van der Waals surface area contributed by atoms with E-state index in [1.807, 2.05) is 32.0 Å². The van der Waals surface area contributed by atoms with Gasteiger partial charge in [-0.15, -0.1) is 18.2 Å². The van der Waals surface area contributed by atoms with Crippen molar-refractivity contribution in [3.8, 4) is 28.6 Å². The molecule has 0 aliphatic rings. The summed E-state index contributed by atoms with van der Waals surface area (Å²) < 4.78 is 50.8. The van der Waals surface area contributed by atoms with Gasteiger partial charge in [0, 0.05) is 23.5 Å². The van der Waals surface area contributed by atoms with Crippen molar-refractivity contribution in [2.45, 2.75) is 20.0 Å². The van der Waals surface area contributed by atoms with E-state index < -0.39 is 11.7 Å². The third-order valence-corrected chi connectivity index (χ3v) is 6.16. The first-order chi connectivity index (χ1) is 18.3. The predicted octanol–water partition coefficient (Wildman–Crippen LogP) is 7.66. The molecule has 9 heteroatoms. The number of rotatable bonds is 4. The number of benzene rings is 3. The SMILES string of the molecule is Cc1ccnc(Oc2[c-]c(-c3[c-]c4c(cc3C(F)(F)F)c3ccccc3n4-c3cnc(C)cn3)ccc2)c1.[Pt+2]. The average Bonchev–Trinajstić information content (AvgIpc) is 3.22. The van der Waals surface area contributed by atoms with E-state index >= 15 is 0 Å². The van der Waals surface area contributed by atoms with Gasteiger partial charge in [-0.1, -0.05) is 29.1 Å². The number of alkyl halides is 3. The number of hydrogen-bond donors (Lipinski definition) is 0. The van der Waals surface area contributed by atoms with Gasteiger partial charge in [-0.2, -0.15) is 31.4 Å². The fourth-order valence-corrected chi connectivity index (χ4v) is 4.44. The minimum atomic E-state index is -4.63. The van der Waals surface area contributed by atoms with Crippen LogP contribution in [0, 0.1) is 26.0 Å². The maximum atomic E-state index is 14.4. The Hall–Kier alpha value is -4.03. The van der Waals surface area contributed by atoms with Gasteiger partial charge in [-0.05, 0) is 42.4 Å². The third kappa shape index (κ3) is 5.04. The second kappa shape index (κ2) is 10.3.